The molecular weight excluding hydrogens is 384 g/mol. The zero-order chi connectivity index (χ0) is 22.5. The minimum Gasteiger partial charge on any atom is -0.364 e. The van der Waals surface area contributed by atoms with Crippen LogP contribution in [0, 0.1) is 13.8 Å². The highest BCUT2D eigenvalue weighted by Crippen LogP contribution is 2.47. The molecule has 0 spiro atoms. The van der Waals surface area contributed by atoms with Crippen molar-refractivity contribution in [3.63, 3.8) is 0 Å². The lowest BCUT2D eigenvalue weighted by Crippen LogP contribution is -2.45. The van der Waals surface area contributed by atoms with Crippen molar-refractivity contribution in [2.75, 3.05) is 11.4 Å². The first-order valence-corrected chi connectivity index (χ1v) is 11.6. The molecule has 1 aliphatic carbocycles. The van der Waals surface area contributed by atoms with Crippen LogP contribution >= 0.6 is 0 Å². The van der Waals surface area contributed by atoms with Crippen LogP contribution in [0.25, 0.3) is 0 Å². The monoisotopic (exact) mass is 418 g/mol. The second-order valence-corrected chi connectivity index (χ2v) is 9.59. The predicted molar refractivity (Wildman–Crippen MR) is 126 cm³/mol. The Balaban J connectivity index is 1.68. The van der Waals surface area contributed by atoms with Crippen molar-refractivity contribution < 1.29 is 9.59 Å². The molecule has 4 heteroatoms. The number of allylic oxidation sites excluding steroid dienone is 1. The average Bonchev–Trinajstić information content (AvgIpc) is 3.14. The number of carbonyl (C=O) groups is 2. The lowest BCUT2D eigenvalue weighted by Gasteiger charge is -2.35. The van der Waals surface area contributed by atoms with E-state index in [4.69, 9.17) is 0 Å². The third-order valence-electron chi connectivity index (χ3n) is 7.39. The topological polar surface area (TPSA) is 53.2 Å². The molecule has 1 unspecified atom stereocenters. The number of para-hydroxylation sites is 1. The molecule has 2 aliphatic rings. The van der Waals surface area contributed by atoms with E-state index in [-0.39, 0.29) is 23.0 Å². The summed E-state index contributed by atoms with van der Waals surface area (Å²) >= 11 is 0. The molecule has 1 aliphatic heterocycles. The summed E-state index contributed by atoms with van der Waals surface area (Å²) in [5, 5.41) is 0. The number of nitrogens with one attached hydrogen (secondary N) is 1. The molecule has 1 aromatic carbocycles. The van der Waals surface area contributed by atoms with Crippen LogP contribution in [0.1, 0.15) is 74.5 Å². The molecular formula is C27H34N2O2. The molecule has 1 N–H and O–H groups in total. The zero-order valence-corrected chi connectivity index (χ0v) is 19.6. The van der Waals surface area contributed by atoms with Gasteiger partial charge in [-0.1, -0.05) is 52.3 Å². The summed E-state index contributed by atoms with van der Waals surface area (Å²) in [6.07, 6.45) is 5.04. The van der Waals surface area contributed by atoms with Gasteiger partial charge in [0.05, 0.1) is 11.6 Å². The number of Topliss-reactive ketones (excluding diaryl/α,β-unsaturated/α-hetero) is 2. The third-order valence-corrected chi connectivity index (χ3v) is 7.39. The summed E-state index contributed by atoms with van der Waals surface area (Å²) in [6.45, 7) is 13.7. The number of anilines is 1. The van der Waals surface area contributed by atoms with E-state index in [1.165, 1.54) is 16.8 Å². The minimum atomic E-state index is -0.666. The number of rotatable bonds is 6. The van der Waals surface area contributed by atoms with E-state index in [0.717, 1.165) is 42.8 Å². The maximum atomic E-state index is 13.2. The quantitative estimate of drug-likeness (QED) is 0.392. The fourth-order valence-corrected chi connectivity index (χ4v) is 5.55. The number of hydrogen-bond donors (Lipinski definition) is 1. The van der Waals surface area contributed by atoms with Crippen LogP contribution < -0.4 is 4.90 Å². The number of benzene rings is 1. The van der Waals surface area contributed by atoms with E-state index in [0.29, 0.717) is 5.57 Å². The fraction of sp³-hybridized carbons (Fsp3) is 0.481. The Morgan fingerprint density at radius 3 is 2.39 bits per heavy atom. The van der Waals surface area contributed by atoms with E-state index in [1.54, 1.807) is 0 Å². The summed E-state index contributed by atoms with van der Waals surface area (Å²) in [6, 6.07) is 8.48. The number of nitrogens with zero attached hydrogens (tertiary/aromatic N) is 1. The van der Waals surface area contributed by atoms with Crippen molar-refractivity contribution in [2.24, 2.45) is 0 Å². The molecule has 1 saturated carbocycles. The summed E-state index contributed by atoms with van der Waals surface area (Å²) in [4.78, 5) is 32.1. The smallest absolute Gasteiger partial charge is 0.183 e. The number of ketones is 2. The Kier molecular flexibility index (Phi) is 5.45. The van der Waals surface area contributed by atoms with Crippen molar-refractivity contribution in [2.45, 2.75) is 78.2 Å². The predicted octanol–water partition coefficient (Wildman–Crippen LogP) is 5.32. The van der Waals surface area contributed by atoms with Crippen LogP contribution in [-0.4, -0.2) is 29.1 Å². The maximum Gasteiger partial charge on any atom is 0.183 e. The van der Waals surface area contributed by atoms with Gasteiger partial charge in [-0.15, -0.1) is 0 Å². The highest BCUT2D eigenvalue weighted by Gasteiger charge is 2.50. The number of carbonyl (C=O) groups excluding carboxylic acids is 2. The fourth-order valence-electron chi connectivity index (χ4n) is 5.55. The SMILES string of the molecule is CCCCN1c2ccccc2C(C)(C)C1C=C1C(=O)C(c2[nH]c(C)c(CC)c2C)C1=O. The number of H-pyrrole nitrogens is 1. The van der Waals surface area contributed by atoms with Crippen molar-refractivity contribution in [3.8, 4) is 0 Å². The molecule has 2 aromatic rings. The van der Waals surface area contributed by atoms with Crippen LogP contribution in [-0.2, 0) is 21.4 Å². The molecule has 0 radical (unpaired) electrons. The molecule has 2 heterocycles. The van der Waals surface area contributed by atoms with E-state index in [1.807, 2.05) is 19.9 Å². The van der Waals surface area contributed by atoms with Gasteiger partial charge in [0.15, 0.2) is 11.6 Å². The molecule has 1 fully saturated rings. The molecule has 1 aromatic heterocycles. The van der Waals surface area contributed by atoms with Crippen molar-refractivity contribution in [1.82, 2.24) is 4.98 Å². The van der Waals surface area contributed by atoms with E-state index >= 15 is 0 Å². The van der Waals surface area contributed by atoms with Crippen molar-refractivity contribution in [1.29, 1.82) is 0 Å². The van der Waals surface area contributed by atoms with Gasteiger partial charge in [-0.2, -0.15) is 0 Å². The van der Waals surface area contributed by atoms with Gasteiger partial charge in [0.25, 0.3) is 0 Å². The third kappa shape index (κ3) is 3.19. The molecule has 4 nitrogen and oxygen atoms in total. The van der Waals surface area contributed by atoms with Crippen LogP contribution in [0.15, 0.2) is 35.9 Å². The summed E-state index contributed by atoms with van der Waals surface area (Å²) in [5.74, 6) is -0.750. The Hall–Kier alpha value is -2.62. The van der Waals surface area contributed by atoms with Gasteiger partial charge in [0, 0.05) is 29.0 Å². The van der Waals surface area contributed by atoms with Crippen LogP contribution in [0.2, 0.25) is 0 Å². The second-order valence-electron chi connectivity index (χ2n) is 9.59. The highest BCUT2D eigenvalue weighted by atomic mass is 16.2. The molecule has 1 atom stereocenters. The molecule has 0 bridgehead atoms. The number of aromatic amines is 1. The van der Waals surface area contributed by atoms with Crippen LogP contribution in [0.3, 0.4) is 0 Å². The van der Waals surface area contributed by atoms with Crippen molar-refractivity contribution >= 4 is 17.3 Å². The average molecular weight is 419 g/mol. The van der Waals surface area contributed by atoms with Gasteiger partial charge in [-0.25, -0.2) is 0 Å². The highest BCUT2D eigenvalue weighted by molar-refractivity contribution is 6.41. The van der Waals surface area contributed by atoms with Gasteiger partial charge in [-0.3, -0.25) is 9.59 Å². The van der Waals surface area contributed by atoms with Gasteiger partial charge in [0.1, 0.15) is 5.92 Å². The Morgan fingerprint density at radius 2 is 1.77 bits per heavy atom. The number of aryl methyl sites for hydroxylation is 1. The molecule has 31 heavy (non-hydrogen) atoms. The summed E-state index contributed by atoms with van der Waals surface area (Å²) < 4.78 is 0. The molecule has 0 amide bonds. The molecule has 164 valence electrons. The minimum absolute atomic E-state index is 0.00187. The second kappa shape index (κ2) is 7.81. The van der Waals surface area contributed by atoms with Gasteiger partial charge in [0.2, 0.25) is 0 Å². The Labute approximate surface area is 185 Å². The maximum absolute atomic E-state index is 13.2. The number of hydrogen-bond acceptors (Lipinski definition) is 3. The number of aromatic nitrogens is 1. The normalized spacial score (nSPS) is 22.0. The molecule has 0 saturated heterocycles. The van der Waals surface area contributed by atoms with E-state index in [9.17, 15) is 9.59 Å². The number of unbranched alkanes of at least 4 members (excludes halogenated alkanes) is 1. The first-order valence-electron chi connectivity index (χ1n) is 11.6. The summed E-state index contributed by atoms with van der Waals surface area (Å²) in [7, 11) is 0. The number of fused-ring (bicyclic) bond motifs is 1. The van der Waals surface area contributed by atoms with Gasteiger partial charge in [-0.05, 0) is 55.5 Å². The van der Waals surface area contributed by atoms with Crippen molar-refractivity contribution in [3.05, 3.63) is 64.0 Å². The Bertz CT molecular complexity index is 1050. The first kappa shape index (κ1) is 21.6. The van der Waals surface area contributed by atoms with Gasteiger partial charge < -0.3 is 9.88 Å². The van der Waals surface area contributed by atoms with E-state index in [2.05, 4.69) is 61.8 Å². The lowest BCUT2D eigenvalue weighted by molar-refractivity contribution is -0.133. The standard InChI is InChI=1S/C27H34N2O2/c1-7-9-14-29-21-13-11-10-12-20(21)27(5,6)22(29)15-19-25(30)23(26(19)31)24-16(3)18(8-2)17(4)28-24/h10-13,15,22-23,28H,7-9,14H2,1-6H3. The largest absolute Gasteiger partial charge is 0.364 e. The van der Waals surface area contributed by atoms with E-state index < -0.39 is 5.92 Å². The Morgan fingerprint density at radius 1 is 1.10 bits per heavy atom. The van der Waals surface area contributed by atoms with Crippen LogP contribution in [0.4, 0.5) is 5.69 Å². The van der Waals surface area contributed by atoms with Crippen LogP contribution in [0.5, 0.6) is 0 Å². The molecule has 4 rings (SSSR count). The zero-order valence-electron chi connectivity index (χ0n) is 19.6. The first-order chi connectivity index (χ1) is 14.7. The summed E-state index contributed by atoms with van der Waals surface area (Å²) in [5.41, 5.74) is 6.84. The van der Waals surface area contributed by atoms with Gasteiger partial charge >= 0.3 is 0 Å². The lowest BCUT2D eigenvalue weighted by atomic mass is 9.71.